The van der Waals surface area contributed by atoms with Crippen molar-refractivity contribution >= 4 is 29.3 Å². The van der Waals surface area contributed by atoms with Gasteiger partial charge in [-0.15, -0.1) is 0 Å². The lowest BCUT2D eigenvalue weighted by molar-refractivity contribution is -0.111. The van der Waals surface area contributed by atoms with Crippen LogP contribution < -0.4 is 5.32 Å². The van der Waals surface area contributed by atoms with E-state index in [9.17, 15) is 4.79 Å². The molecule has 0 saturated carbocycles. The summed E-state index contributed by atoms with van der Waals surface area (Å²) in [6.45, 7) is 1.94. The Hall–Kier alpha value is -2.20. The Kier molecular flexibility index (Phi) is 4.26. The Morgan fingerprint density at radius 2 is 2.21 bits per heavy atom. The van der Waals surface area contributed by atoms with Gasteiger partial charge < -0.3 is 5.32 Å². The van der Waals surface area contributed by atoms with Gasteiger partial charge in [-0.1, -0.05) is 17.7 Å². The molecule has 0 unspecified atom stereocenters. The number of carbonyl (C=O) groups is 1. The number of nitrogens with one attached hydrogen (secondary N) is 1. The molecule has 0 radical (unpaired) electrons. The molecule has 1 aromatic carbocycles. The second-order valence-corrected chi connectivity index (χ2v) is 4.34. The largest absolute Gasteiger partial charge is 0.321 e. The fraction of sp³-hybridized carbons (Fsp3) is 0.0714. The highest BCUT2D eigenvalue weighted by Crippen LogP contribution is 2.22. The van der Waals surface area contributed by atoms with Gasteiger partial charge in [0.1, 0.15) is 0 Å². The molecule has 96 valence electrons. The third kappa shape index (κ3) is 3.89. The maximum absolute atomic E-state index is 11.7. The Morgan fingerprint density at radius 1 is 1.37 bits per heavy atom. The SMILES string of the molecule is Cc1ccc(NC(=O)/C=C\c2cnccn2)c(Cl)c1. The average Bonchev–Trinajstić information content (AvgIpc) is 2.41. The maximum atomic E-state index is 11.7. The molecular formula is C14H12ClN3O. The first kappa shape index (κ1) is 13.2. The summed E-state index contributed by atoms with van der Waals surface area (Å²) in [5.74, 6) is -0.267. The molecule has 1 heterocycles. The molecule has 19 heavy (non-hydrogen) atoms. The molecule has 1 N–H and O–H groups in total. The molecule has 0 saturated heterocycles. The molecule has 4 nitrogen and oxygen atoms in total. The molecule has 2 rings (SSSR count). The van der Waals surface area contributed by atoms with Crippen molar-refractivity contribution in [1.29, 1.82) is 0 Å². The summed E-state index contributed by atoms with van der Waals surface area (Å²) < 4.78 is 0. The fourth-order valence-corrected chi connectivity index (χ4v) is 1.74. The van der Waals surface area contributed by atoms with Crippen molar-refractivity contribution in [3.05, 3.63) is 59.1 Å². The van der Waals surface area contributed by atoms with Crippen molar-refractivity contribution in [2.24, 2.45) is 0 Å². The molecule has 0 aliphatic carbocycles. The van der Waals surface area contributed by atoms with Crippen molar-refractivity contribution in [3.63, 3.8) is 0 Å². The number of halogens is 1. The zero-order valence-corrected chi connectivity index (χ0v) is 11.1. The van der Waals surface area contributed by atoms with Gasteiger partial charge in [-0.05, 0) is 30.7 Å². The average molecular weight is 274 g/mol. The minimum absolute atomic E-state index is 0.267. The van der Waals surface area contributed by atoms with Gasteiger partial charge in [0.2, 0.25) is 5.91 Å². The summed E-state index contributed by atoms with van der Waals surface area (Å²) in [5.41, 5.74) is 2.24. The van der Waals surface area contributed by atoms with E-state index in [1.165, 1.54) is 6.08 Å². The van der Waals surface area contributed by atoms with E-state index in [1.54, 1.807) is 36.8 Å². The van der Waals surface area contributed by atoms with Crippen LogP contribution in [0.3, 0.4) is 0 Å². The zero-order valence-electron chi connectivity index (χ0n) is 10.3. The van der Waals surface area contributed by atoms with Gasteiger partial charge in [0, 0.05) is 18.5 Å². The third-order valence-electron chi connectivity index (χ3n) is 2.37. The summed E-state index contributed by atoms with van der Waals surface area (Å²) >= 11 is 6.03. The van der Waals surface area contributed by atoms with E-state index in [4.69, 9.17) is 11.6 Å². The number of carbonyl (C=O) groups excluding carboxylic acids is 1. The number of benzene rings is 1. The predicted octanol–water partition coefficient (Wildman–Crippen LogP) is 3.09. The van der Waals surface area contributed by atoms with E-state index in [0.717, 1.165) is 5.56 Å². The number of hydrogen-bond acceptors (Lipinski definition) is 3. The van der Waals surface area contributed by atoms with Gasteiger partial charge in [-0.2, -0.15) is 0 Å². The molecule has 1 amide bonds. The van der Waals surface area contributed by atoms with Crippen molar-refractivity contribution in [2.75, 3.05) is 5.32 Å². The molecule has 0 atom stereocenters. The first-order chi connectivity index (χ1) is 9.15. The monoisotopic (exact) mass is 273 g/mol. The lowest BCUT2D eigenvalue weighted by Crippen LogP contribution is -2.08. The molecule has 0 aliphatic rings. The lowest BCUT2D eigenvalue weighted by Gasteiger charge is -2.05. The van der Waals surface area contributed by atoms with Crippen LogP contribution in [0.25, 0.3) is 6.08 Å². The van der Waals surface area contributed by atoms with Crippen molar-refractivity contribution < 1.29 is 4.79 Å². The van der Waals surface area contributed by atoms with Crippen molar-refractivity contribution in [3.8, 4) is 0 Å². The topological polar surface area (TPSA) is 54.9 Å². The number of anilines is 1. The van der Waals surface area contributed by atoms with Crippen LogP contribution in [0.2, 0.25) is 5.02 Å². The van der Waals surface area contributed by atoms with E-state index in [-0.39, 0.29) is 5.91 Å². The second-order valence-electron chi connectivity index (χ2n) is 3.94. The number of hydrogen-bond donors (Lipinski definition) is 1. The van der Waals surface area contributed by atoms with Crippen LogP contribution in [-0.4, -0.2) is 15.9 Å². The van der Waals surface area contributed by atoms with Crippen LogP contribution in [-0.2, 0) is 4.79 Å². The number of nitrogens with zero attached hydrogens (tertiary/aromatic N) is 2. The number of rotatable bonds is 3. The third-order valence-corrected chi connectivity index (χ3v) is 2.68. The summed E-state index contributed by atoms with van der Waals surface area (Å²) in [6, 6.07) is 5.45. The van der Waals surface area contributed by atoms with Crippen LogP contribution >= 0.6 is 11.6 Å². The Bertz CT molecular complexity index is 611. The number of aryl methyl sites for hydroxylation is 1. The van der Waals surface area contributed by atoms with Crippen LogP contribution in [0, 0.1) is 6.92 Å². The van der Waals surface area contributed by atoms with Crippen molar-refractivity contribution in [1.82, 2.24) is 9.97 Å². The van der Waals surface area contributed by atoms with Gasteiger partial charge in [0.15, 0.2) is 0 Å². The summed E-state index contributed by atoms with van der Waals surface area (Å²) in [7, 11) is 0. The quantitative estimate of drug-likeness (QED) is 0.875. The number of aromatic nitrogens is 2. The number of amides is 1. The molecule has 0 fully saturated rings. The van der Waals surface area contributed by atoms with Crippen molar-refractivity contribution in [2.45, 2.75) is 6.92 Å². The molecule has 5 heteroatoms. The lowest BCUT2D eigenvalue weighted by atomic mass is 10.2. The highest BCUT2D eigenvalue weighted by molar-refractivity contribution is 6.33. The Labute approximate surface area is 116 Å². The smallest absolute Gasteiger partial charge is 0.248 e. The van der Waals surface area contributed by atoms with E-state index >= 15 is 0 Å². The molecule has 1 aromatic heterocycles. The Balaban J connectivity index is 2.04. The normalized spacial score (nSPS) is 10.6. The highest BCUT2D eigenvalue weighted by atomic mass is 35.5. The molecule has 0 aliphatic heterocycles. The van der Waals surface area contributed by atoms with Gasteiger partial charge in [-0.3, -0.25) is 14.8 Å². The first-order valence-corrected chi connectivity index (χ1v) is 6.04. The summed E-state index contributed by atoms with van der Waals surface area (Å²) in [6.07, 6.45) is 7.69. The van der Waals surface area contributed by atoms with E-state index < -0.39 is 0 Å². The van der Waals surface area contributed by atoms with Crippen LogP contribution in [0.5, 0.6) is 0 Å². The summed E-state index contributed by atoms with van der Waals surface area (Å²) in [5, 5.41) is 3.22. The van der Waals surface area contributed by atoms with Crippen LogP contribution in [0.15, 0.2) is 42.9 Å². The molecule has 0 bridgehead atoms. The minimum atomic E-state index is -0.267. The Morgan fingerprint density at radius 3 is 2.89 bits per heavy atom. The van der Waals surface area contributed by atoms with Gasteiger partial charge in [0.05, 0.1) is 22.6 Å². The fourth-order valence-electron chi connectivity index (χ4n) is 1.45. The van der Waals surface area contributed by atoms with Gasteiger partial charge in [0.25, 0.3) is 0 Å². The highest BCUT2D eigenvalue weighted by Gasteiger charge is 2.03. The van der Waals surface area contributed by atoms with E-state index in [1.807, 2.05) is 13.0 Å². The molecular weight excluding hydrogens is 262 g/mol. The molecule has 0 spiro atoms. The second kappa shape index (κ2) is 6.11. The van der Waals surface area contributed by atoms with Gasteiger partial charge >= 0.3 is 0 Å². The first-order valence-electron chi connectivity index (χ1n) is 5.66. The molecule has 2 aromatic rings. The van der Waals surface area contributed by atoms with Gasteiger partial charge in [-0.25, -0.2) is 0 Å². The van der Waals surface area contributed by atoms with Crippen LogP contribution in [0.4, 0.5) is 5.69 Å². The maximum Gasteiger partial charge on any atom is 0.248 e. The zero-order chi connectivity index (χ0) is 13.7. The summed E-state index contributed by atoms with van der Waals surface area (Å²) in [4.78, 5) is 19.7. The minimum Gasteiger partial charge on any atom is -0.321 e. The standard InChI is InChI=1S/C14H12ClN3O/c1-10-2-4-13(12(15)8-10)18-14(19)5-3-11-9-16-6-7-17-11/h2-9H,1H3,(H,18,19)/b5-3-. The van der Waals surface area contributed by atoms with E-state index in [0.29, 0.717) is 16.4 Å². The van der Waals surface area contributed by atoms with E-state index in [2.05, 4.69) is 15.3 Å². The van der Waals surface area contributed by atoms with Crippen LogP contribution in [0.1, 0.15) is 11.3 Å². The predicted molar refractivity (Wildman–Crippen MR) is 75.9 cm³/mol.